The first-order chi connectivity index (χ1) is 7.69. The summed E-state index contributed by atoms with van der Waals surface area (Å²) >= 11 is 5.89. The molecule has 0 radical (unpaired) electrons. The molecule has 0 aliphatic rings. The summed E-state index contributed by atoms with van der Waals surface area (Å²) in [6, 6.07) is 0. The Bertz CT molecular complexity index is 369. The second-order valence-corrected chi connectivity index (χ2v) is 3.67. The third kappa shape index (κ3) is 3.45. The van der Waals surface area contributed by atoms with Crippen LogP contribution in [-0.2, 0) is 11.2 Å². The summed E-state index contributed by atoms with van der Waals surface area (Å²) in [4.78, 5) is 19.6. The lowest BCUT2D eigenvalue weighted by Gasteiger charge is -2.04. The van der Waals surface area contributed by atoms with Crippen molar-refractivity contribution in [3.63, 3.8) is 0 Å². The van der Waals surface area contributed by atoms with Crippen molar-refractivity contribution >= 4 is 17.6 Å². The minimum Gasteiger partial charge on any atom is -0.462 e. The van der Waals surface area contributed by atoms with Gasteiger partial charge in [-0.3, -0.25) is 0 Å². The van der Waals surface area contributed by atoms with Gasteiger partial charge in [-0.15, -0.1) is 0 Å². The molecule has 1 aromatic rings. The lowest BCUT2D eigenvalue weighted by atomic mass is 10.2. The lowest BCUT2D eigenvalue weighted by Crippen LogP contribution is -2.08. The summed E-state index contributed by atoms with van der Waals surface area (Å²) < 4.78 is 4.83. The van der Waals surface area contributed by atoms with Crippen molar-refractivity contribution in [2.24, 2.45) is 0 Å². The molecule has 16 heavy (non-hydrogen) atoms. The molecule has 0 aliphatic heterocycles. The molecule has 0 spiro atoms. The number of carbonyl (C=O) groups is 1. The van der Waals surface area contributed by atoms with Gasteiger partial charge in [0.1, 0.15) is 16.5 Å². The number of unbranched alkanes of at least 4 members (excludes halogenated alkanes) is 1. The van der Waals surface area contributed by atoms with E-state index in [0.29, 0.717) is 12.4 Å². The molecule has 1 aromatic heterocycles. The highest BCUT2D eigenvalue weighted by molar-refractivity contribution is 6.32. The van der Waals surface area contributed by atoms with E-state index in [1.807, 2.05) is 0 Å². The molecule has 0 bridgehead atoms. The first-order valence-electron chi connectivity index (χ1n) is 5.37. The minimum absolute atomic E-state index is 0.166. The fourth-order valence-electron chi connectivity index (χ4n) is 1.20. The second kappa shape index (κ2) is 6.43. The van der Waals surface area contributed by atoms with E-state index in [-0.39, 0.29) is 10.7 Å². The van der Waals surface area contributed by atoms with Crippen LogP contribution in [0.2, 0.25) is 5.15 Å². The monoisotopic (exact) mass is 242 g/mol. The Morgan fingerprint density at radius 1 is 1.50 bits per heavy atom. The Morgan fingerprint density at radius 3 is 2.81 bits per heavy atom. The molecule has 0 saturated carbocycles. The third-order valence-corrected chi connectivity index (χ3v) is 2.33. The summed E-state index contributed by atoms with van der Waals surface area (Å²) in [7, 11) is 0. The fraction of sp³-hybridized carbons (Fsp3) is 0.545. The van der Waals surface area contributed by atoms with E-state index in [1.165, 1.54) is 6.20 Å². The quantitative estimate of drug-likeness (QED) is 0.588. The number of halogens is 1. The van der Waals surface area contributed by atoms with Gasteiger partial charge in [-0.2, -0.15) is 0 Å². The molecule has 88 valence electrons. The molecule has 0 saturated heterocycles. The Balaban J connectivity index is 2.78. The maximum atomic E-state index is 11.4. The van der Waals surface area contributed by atoms with Crippen LogP contribution in [0.5, 0.6) is 0 Å². The van der Waals surface area contributed by atoms with E-state index in [2.05, 4.69) is 16.9 Å². The number of carbonyl (C=O) groups excluding carboxylic acids is 1. The van der Waals surface area contributed by atoms with Crippen molar-refractivity contribution < 1.29 is 9.53 Å². The average Bonchev–Trinajstić information content (AvgIpc) is 2.26. The predicted molar refractivity (Wildman–Crippen MR) is 61.6 cm³/mol. The number of ether oxygens (including phenoxy) is 1. The molecule has 4 nitrogen and oxygen atoms in total. The van der Waals surface area contributed by atoms with Gasteiger partial charge >= 0.3 is 5.97 Å². The van der Waals surface area contributed by atoms with Crippen LogP contribution < -0.4 is 0 Å². The van der Waals surface area contributed by atoms with Crippen LogP contribution in [0, 0.1) is 0 Å². The van der Waals surface area contributed by atoms with E-state index in [0.717, 1.165) is 19.3 Å². The zero-order valence-electron chi connectivity index (χ0n) is 9.49. The van der Waals surface area contributed by atoms with Crippen molar-refractivity contribution in [1.82, 2.24) is 9.97 Å². The van der Waals surface area contributed by atoms with Gasteiger partial charge < -0.3 is 4.74 Å². The normalized spacial score (nSPS) is 10.2. The van der Waals surface area contributed by atoms with Gasteiger partial charge in [0.25, 0.3) is 0 Å². The smallest absolute Gasteiger partial charge is 0.342 e. The van der Waals surface area contributed by atoms with Gasteiger partial charge in [0.05, 0.1) is 6.61 Å². The number of nitrogens with zero attached hydrogens (tertiary/aromatic N) is 2. The molecule has 0 atom stereocenters. The topological polar surface area (TPSA) is 52.1 Å². The van der Waals surface area contributed by atoms with Crippen LogP contribution in [0.4, 0.5) is 0 Å². The first kappa shape index (κ1) is 12.9. The number of esters is 1. The molecular formula is C11H15ClN2O2. The van der Waals surface area contributed by atoms with Crippen molar-refractivity contribution in [3.8, 4) is 0 Å². The number of aromatic nitrogens is 2. The number of hydrogen-bond acceptors (Lipinski definition) is 4. The highest BCUT2D eigenvalue weighted by Gasteiger charge is 2.13. The zero-order chi connectivity index (χ0) is 12.0. The highest BCUT2D eigenvalue weighted by atomic mass is 35.5. The van der Waals surface area contributed by atoms with Crippen LogP contribution >= 0.6 is 11.6 Å². The maximum Gasteiger partial charge on any atom is 0.342 e. The van der Waals surface area contributed by atoms with E-state index in [4.69, 9.17) is 16.3 Å². The summed E-state index contributed by atoms with van der Waals surface area (Å²) in [5.74, 6) is 0.189. The summed E-state index contributed by atoms with van der Waals surface area (Å²) in [6.07, 6.45) is 4.29. The third-order valence-electron chi connectivity index (χ3n) is 2.04. The van der Waals surface area contributed by atoms with Gasteiger partial charge in [-0.1, -0.05) is 24.9 Å². The summed E-state index contributed by atoms with van der Waals surface area (Å²) in [6.45, 7) is 4.14. The van der Waals surface area contributed by atoms with E-state index < -0.39 is 5.97 Å². The maximum absolute atomic E-state index is 11.4. The molecule has 1 heterocycles. The Morgan fingerprint density at radius 2 is 2.25 bits per heavy atom. The van der Waals surface area contributed by atoms with Gasteiger partial charge in [0.15, 0.2) is 0 Å². The average molecular weight is 243 g/mol. The fourth-order valence-corrected chi connectivity index (χ4v) is 1.42. The summed E-state index contributed by atoms with van der Waals surface area (Å²) in [5, 5.41) is 0.166. The molecular weight excluding hydrogens is 228 g/mol. The minimum atomic E-state index is -0.477. The van der Waals surface area contributed by atoms with Gasteiger partial charge in [0, 0.05) is 12.6 Å². The van der Waals surface area contributed by atoms with Crippen molar-refractivity contribution in [2.45, 2.75) is 33.1 Å². The molecule has 1 rings (SSSR count). The van der Waals surface area contributed by atoms with E-state index >= 15 is 0 Å². The number of hydrogen-bond donors (Lipinski definition) is 0. The second-order valence-electron chi connectivity index (χ2n) is 3.31. The van der Waals surface area contributed by atoms with Crippen molar-refractivity contribution in [1.29, 1.82) is 0 Å². The Hall–Kier alpha value is -1.16. The number of aryl methyl sites for hydroxylation is 1. The molecule has 0 fully saturated rings. The lowest BCUT2D eigenvalue weighted by molar-refractivity contribution is 0.0525. The molecule has 5 heteroatoms. The van der Waals surface area contributed by atoms with Crippen LogP contribution in [0.25, 0.3) is 0 Å². The molecule has 0 amide bonds. The van der Waals surface area contributed by atoms with E-state index in [1.54, 1.807) is 6.92 Å². The predicted octanol–water partition coefficient (Wildman–Crippen LogP) is 2.65. The zero-order valence-corrected chi connectivity index (χ0v) is 10.3. The highest BCUT2D eigenvalue weighted by Crippen LogP contribution is 2.14. The van der Waals surface area contributed by atoms with Gasteiger partial charge in [0.2, 0.25) is 0 Å². The van der Waals surface area contributed by atoms with Crippen LogP contribution in [0.15, 0.2) is 6.20 Å². The van der Waals surface area contributed by atoms with Crippen molar-refractivity contribution in [2.75, 3.05) is 6.61 Å². The van der Waals surface area contributed by atoms with Crippen LogP contribution in [0.3, 0.4) is 0 Å². The first-order valence-corrected chi connectivity index (χ1v) is 5.75. The largest absolute Gasteiger partial charge is 0.462 e. The molecule has 0 unspecified atom stereocenters. The SMILES string of the molecule is CCCCc1ncc(C(=O)OCC)c(Cl)n1. The van der Waals surface area contributed by atoms with E-state index in [9.17, 15) is 4.79 Å². The molecule has 0 aromatic carbocycles. The molecule has 0 aliphatic carbocycles. The van der Waals surface area contributed by atoms with Crippen LogP contribution in [0.1, 0.15) is 42.9 Å². The van der Waals surface area contributed by atoms with Crippen molar-refractivity contribution in [3.05, 3.63) is 22.7 Å². The molecule has 0 N–H and O–H groups in total. The standard InChI is InChI=1S/C11H15ClN2O2/c1-3-5-6-9-13-7-8(10(12)14-9)11(15)16-4-2/h7H,3-6H2,1-2H3. The van der Waals surface area contributed by atoms with Crippen LogP contribution in [-0.4, -0.2) is 22.5 Å². The Labute approximate surface area is 100 Å². The number of rotatable bonds is 5. The van der Waals surface area contributed by atoms with Gasteiger partial charge in [-0.05, 0) is 13.3 Å². The Kier molecular flexibility index (Phi) is 5.19. The summed E-state index contributed by atoms with van der Waals surface area (Å²) in [5.41, 5.74) is 0.226. The van der Waals surface area contributed by atoms with Gasteiger partial charge in [-0.25, -0.2) is 14.8 Å².